The van der Waals surface area contributed by atoms with E-state index < -0.39 is 10.8 Å². The molecule has 0 unspecified atom stereocenters. The number of nitrogens with one attached hydrogen (secondary N) is 1. The van der Waals surface area contributed by atoms with E-state index in [1.165, 1.54) is 18.2 Å². The Morgan fingerprint density at radius 1 is 1.19 bits per heavy atom. The van der Waals surface area contributed by atoms with Crippen LogP contribution in [0.15, 0.2) is 76.8 Å². The van der Waals surface area contributed by atoms with Crippen molar-refractivity contribution in [3.8, 4) is 11.8 Å². The van der Waals surface area contributed by atoms with Gasteiger partial charge in [-0.15, -0.1) is 0 Å². The molecule has 8 heteroatoms. The molecule has 0 radical (unpaired) electrons. The van der Waals surface area contributed by atoms with Crippen LogP contribution in [0.4, 0.5) is 11.4 Å². The lowest BCUT2D eigenvalue weighted by Gasteiger charge is -2.11. The lowest BCUT2D eigenvalue weighted by molar-refractivity contribution is -0.384. The molecular weight excluding hydrogens is 474 g/mol. The number of hydrogen-bond donors (Lipinski definition) is 1. The van der Waals surface area contributed by atoms with E-state index >= 15 is 0 Å². The number of halogens is 1. The molecular formula is C24H18BrN3O4. The van der Waals surface area contributed by atoms with Crippen molar-refractivity contribution in [2.45, 2.75) is 13.5 Å². The minimum Gasteiger partial charge on any atom is -0.488 e. The van der Waals surface area contributed by atoms with Gasteiger partial charge >= 0.3 is 0 Å². The number of amides is 1. The van der Waals surface area contributed by atoms with Crippen molar-refractivity contribution in [3.05, 3.63) is 104 Å². The Kier molecular flexibility index (Phi) is 7.37. The van der Waals surface area contributed by atoms with Crippen molar-refractivity contribution < 1.29 is 14.5 Å². The molecule has 0 saturated heterocycles. The smallest absolute Gasteiger partial charge is 0.269 e. The molecule has 0 aromatic heterocycles. The number of ether oxygens (including phenoxy) is 1. The molecule has 0 bridgehead atoms. The number of nitrogens with zero attached hydrogens (tertiary/aromatic N) is 2. The van der Waals surface area contributed by atoms with Gasteiger partial charge < -0.3 is 10.1 Å². The van der Waals surface area contributed by atoms with Gasteiger partial charge in [-0.1, -0.05) is 28.1 Å². The van der Waals surface area contributed by atoms with Crippen molar-refractivity contribution in [1.82, 2.24) is 0 Å². The van der Waals surface area contributed by atoms with E-state index in [1.807, 2.05) is 31.2 Å². The Hall–Kier alpha value is -3.96. The number of carbonyl (C=O) groups excluding carboxylic acids is 1. The Labute approximate surface area is 193 Å². The van der Waals surface area contributed by atoms with Crippen LogP contribution in [0.1, 0.15) is 16.7 Å². The molecule has 160 valence electrons. The Balaban J connectivity index is 1.80. The van der Waals surface area contributed by atoms with Crippen molar-refractivity contribution in [2.75, 3.05) is 5.32 Å². The summed E-state index contributed by atoms with van der Waals surface area (Å²) in [5.74, 6) is -0.0675. The van der Waals surface area contributed by atoms with Crippen molar-refractivity contribution in [2.24, 2.45) is 0 Å². The number of benzene rings is 3. The van der Waals surface area contributed by atoms with E-state index in [-0.39, 0.29) is 17.9 Å². The number of anilines is 1. The third kappa shape index (κ3) is 6.03. The summed E-state index contributed by atoms with van der Waals surface area (Å²) in [5, 5.41) is 23.1. The molecule has 0 aliphatic heterocycles. The normalized spacial score (nSPS) is 10.8. The van der Waals surface area contributed by atoms with Crippen LogP contribution in [0, 0.1) is 28.4 Å². The van der Waals surface area contributed by atoms with Crippen molar-refractivity contribution >= 4 is 39.3 Å². The van der Waals surface area contributed by atoms with Gasteiger partial charge in [0, 0.05) is 27.9 Å². The first kappa shape index (κ1) is 22.7. The number of aryl methyl sites for hydroxylation is 1. The predicted molar refractivity (Wildman–Crippen MR) is 125 cm³/mol. The third-order valence-electron chi connectivity index (χ3n) is 4.45. The SMILES string of the molecule is Cc1cccc(NC(=O)/C(C#N)=C/c2cc(Br)ccc2OCc2ccc([N+](=O)[O-])cc2)c1. The number of nitro benzene ring substituents is 1. The van der Waals surface area contributed by atoms with E-state index in [2.05, 4.69) is 21.2 Å². The zero-order valence-electron chi connectivity index (χ0n) is 17.0. The van der Waals surface area contributed by atoms with Crippen LogP contribution in [0.2, 0.25) is 0 Å². The number of nitro groups is 1. The summed E-state index contributed by atoms with van der Waals surface area (Å²) in [6.07, 6.45) is 1.46. The van der Waals surface area contributed by atoms with E-state index in [0.29, 0.717) is 17.0 Å². The highest BCUT2D eigenvalue weighted by Crippen LogP contribution is 2.27. The molecule has 0 spiro atoms. The fourth-order valence-corrected chi connectivity index (χ4v) is 3.24. The van der Waals surface area contributed by atoms with Crippen molar-refractivity contribution in [3.63, 3.8) is 0 Å². The number of nitriles is 1. The van der Waals surface area contributed by atoms with Gasteiger partial charge in [-0.25, -0.2) is 0 Å². The summed E-state index contributed by atoms with van der Waals surface area (Å²) in [4.78, 5) is 22.9. The Morgan fingerprint density at radius 3 is 2.59 bits per heavy atom. The quantitative estimate of drug-likeness (QED) is 0.195. The molecule has 0 saturated carbocycles. The second-order valence-electron chi connectivity index (χ2n) is 6.89. The zero-order valence-corrected chi connectivity index (χ0v) is 18.6. The molecule has 0 aliphatic carbocycles. The molecule has 3 aromatic carbocycles. The standard InChI is InChI=1S/C24H18BrN3O4/c1-16-3-2-4-21(11-16)27-24(29)19(14-26)12-18-13-20(25)7-10-23(18)32-15-17-5-8-22(9-6-17)28(30)31/h2-13H,15H2,1H3,(H,27,29)/b19-12+. The average molecular weight is 492 g/mol. The van der Waals surface area contributed by atoms with Gasteiger partial charge in [0.15, 0.2) is 0 Å². The lowest BCUT2D eigenvalue weighted by Crippen LogP contribution is -2.13. The maximum Gasteiger partial charge on any atom is 0.269 e. The van der Waals surface area contributed by atoms with Crippen LogP contribution < -0.4 is 10.1 Å². The largest absolute Gasteiger partial charge is 0.488 e. The number of rotatable bonds is 7. The van der Waals surface area contributed by atoms with E-state index in [9.17, 15) is 20.2 Å². The Bertz CT molecular complexity index is 1230. The summed E-state index contributed by atoms with van der Waals surface area (Å²) < 4.78 is 6.61. The van der Waals surface area contributed by atoms with Crippen LogP contribution >= 0.6 is 15.9 Å². The topological polar surface area (TPSA) is 105 Å². The van der Waals surface area contributed by atoms with E-state index in [0.717, 1.165) is 15.6 Å². The van der Waals surface area contributed by atoms with Crippen LogP contribution in [0.3, 0.4) is 0 Å². The molecule has 0 atom stereocenters. The highest BCUT2D eigenvalue weighted by molar-refractivity contribution is 9.10. The fraction of sp³-hybridized carbons (Fsp3) is 0.0833. The highest BCUT2D eigenvalue weighted by atomic mass is 79.9. The first-order valence-corrected chi connectivity index (χ1v) is 10.3. The summed E-state index contributed by atoms with van der Waals surface area (Å²) in [6.45, 7) is 2.07. The van der Waals surface area contributed by atoms with Crippen LogP contribution in [-0.2, 0) is 11.4 Å². The maximum absolute atomic E-state index is 12.6. The van der Waals surface area contributed by atoms with E-state index in [1.54, 1.807) is 36.4 Å². The average Bonchev–Trinajstić information content (AvgIpc) is 2.77. The number of hydrogen-bond acceptors (Lipinski definition) is 5. The second kappa shape index (κ2) is 10.4. The Morgan fingerprint density at radius 2 is 1.94 bits per heavy atom. The maximum atomic E-state index is 12.6. The van der Waals surface area contributed by atoms with Gasteiger partial charge in [-0.3, -0.25) is 14.9 Å². The highest BCUT2D eigenvalue weighted by Gasteiger charge is 2.13. The summed E-state index contributed by atoms with van der Waals surface area (Å²) in [6, 6.07) is 20.5. The number of non-ortho nitro benzene ring substituents is 1. The minimum absolute atomic E-state index is 0.000650. The van der Waals surface area contributed by atoms with Gasteiger partial charge in [0.05, 0.1) is 4.92 Å². The molecule has 0 fully saturated rings. The van der Waals surface area contributed by atoms with Gasteiger partial charge in [0.2, 0.25) is 0 Å². The molecule has 0 aliphatic rings. The third-order valence-corrected chi connectivity index (χ3v) is 4.95. The summed E-state index contributed by atoms with van der Waals surface area (Å²) in [7, 11) is 0. The summed E-state index contributed by atoms with van der Waals surface area (Å²) in [5.41, 5.74) is 2.78. The molecule has 1 amide bonds. The molecule has 3 aromatic rings. The molecule has 1 N–H and O–H groups in total. The number of carbonyl (C=O) groups is 1. The zero-order chi connectivity index (χ0) is 23.1. The van der Waals surface area contributed by atoms with Gasteiger partial charge in [-0.05, 0) is 66.6 Å². The summed E-state index contributed by atoms with van der Waals surface area (Å²) >= 11 is 3.39. The monoisotopic (exact) mass is 491 g/mol. The van der Waals surface area contributed by atoms with E-state index in [4.69, 9.17) is 4.74 Å². The molecule has 32 heavy (non-hydrogen) atoms. The fourth-order valence-electron chi connectivity index (χ4n) is 2.86. The first-order chi connectivity index (χ1) is 15.4. The molecule has 7 nitrogen and oxygen atoms in total. The van der Waals surface area contributed by atoms with Crippen molar-refractivity contribution in [1.29, 1.82) is 5.26 Å². The second-order valence-corrected chi connectivity index (χ2v) is 7.80. The predicted octanol–water partition coefficient (Wildman–Crippen LogP) is 5.79. The van der Waals surface area contributed by atoms with Crippen LogP contribution in [0.25, 0.3) is 6.08 Å². The van der Waals surface area contributed by atoms with Gasteiger partial charge in [-0.2, -0.15) is 5.26 Å². The first-order valence-electron chi connectivity index (χ1n) is 9.51. The molecule has 0 heterocycles. The minimum atomic E-state index is -0.528. The van der Waals surface area contributed by atoms with Crippen LogP contribution in [-0.4, -0.2) is 10.8 Å². The van der Waals surface area contributed by atoms with Gasteiger partial charge in [0.1, 0.15) is 24.0 Å². The van der Waals surface area contributed by atoms with Crippen LogP contribution in [0.5, 0.6) is 5.75 Å². The van der Waals surface area contributed by atoms with Gasteiger partial charge in [0.25, 0.3) is 11.6 Å². The molecule has 3 rings (SSSR count). The lowest BCUT2D eigenvalue weighted by atomic mass is 10.1.